The van der Waals surface area contributed by atoms with Gasteiger partial charge in [0, 0.05) is 18.4 Å². The normalized spacial score (nSPS) is 13.0. The molecule has 21 heavy (non-hydrogen) atoms. The zero-order valence-electron chi connectivity index (χ0n) is 12.1. The molecule has 4 nitrogen and oxygen atoms in total. The van der Waals surface area contributed by atoms with Crippen molar-refractivity contribution in [3.63, 3.8) is 0 Å². The minimum atomic E-state index is -0.185. The maximum absolute atomic E-state index is 6.34. The molecule has 110 valence electrons. The number of aromatic nitrogens is 2. The van der Waals surface area contributed by atoms with Crippen LogP contribution in [0.5, 0.6) is 0 Å². The Hall–Kier alpha value is -1.59. The van der Waals surface area contributed by atoms with Crippen LogP contribution in [-0.2, 0) is 13.0 Å². The summed E-state index contributed by atoms with van der Waals surface area (Å²) in [6.07, 6.45) is 0.690. The molecule has 1 aromatic carbocycles. The molecule has 2 N–H and O–H groups in total. The smallest absolute Gasteiger partial charge is 0.134 e. The van der Waals surface area contributed by atoms with Gasteiger partial charge in [-0.05, 0) is 41.9 Å². The maximum Gasteiger partial charge on any atom is 0.134 e. The van der Waals surface area contributed by atoms with Crippen LogP contribution in [0.15, 0.2) is 39.2 Å². The second kappa shape index (κ2) is 5.66. The molecule has 3 rings (SSSR count). The number of fused-ring (bicyclic) bond motifs is 1. The molecule has 0 radical (unpaired) electrons. The van der Waals surface area contributed by atoms with Crippen LogP contribution in [0.1, 0.15) is 30.1 Å². The van der Waals surface area contributed by atoms with E-state index in [9.17, 15) is 0 Å². The highest BCUT2D eigenvalue weighted by Gasteiger charge is 2.19. The largest absolute Gasteiger partial charge is 0.459 e. The summed E-state index contributed by atoms with van der Waals surface area (Å²) in [5, 5.41) is 5.59. The van der Waals surface area contributed by atoms with E-state index in [4.69, 9.17) is 10.2 Å². The third kappa shape index (κ3) is 2.63. The van der Waals surface area contributed by atoms with Gasteiger partial charge in [0.15, 0.2) is 0 Å². The Morgan fingerprint density at radius 2 is 2.14 bits per heavy atom. The van der Waals surface area contributed by atoms with Crippen molar-refractivity contribution < 1.29 is 4.42 Å². The molecular formula is C16H18BrN3O. The summed E-state index contributed by atoms with van der Waals surface area (Å²) in [5.74, 6) is 0.810. The zero-order chi connectivity index (χ0) is 15.0. The van der Waals surface area contributed by atoms with Gasteiger partial charge in [-0.3, -0.25) is 4.68 Å². The summed E-state index contributed by atoms with van der Waals surface area (Å²) >= 11 is 3.61. The van der Waals surface area contributed by atoms with Crippen LogP contribution < -0.4 is 5.73 Å². The van der Waals surface area contributed by atoms with Crippen molar-refractivity contribution in [2.45, 2.75) is 32.9 Å². The van der Waals surface area contributed by atoms with Crippen LogP contribution in [-0.4, -0.2) is 9.78 Å². The molecule has 5 heteroatoms. The summed E-state index contributed by atoms with van der Waals surface area (Å²) < 4.78 is 8.88. The molecule has 0 amide bonds. The molecule has 2 heterocycles. The Kier molecular flexibility index (Phi) is 3.87. The number of hydrogen-bond donors (Lipinski definition) is 1. The predicted octanol–water partition coefficient (Wildman–Crippen LogP) is 3.96. The molecule has 0 saturated heterocycles. The molecule has 3 aromatic rings. The van der Waals surface area contributed by atoms with Gasteiger partial charge in [0.05, 0.1) is 21.9 Å². The van der Waals surface area contributed by atoms with Crippen molar-refractivity contribution in [1.82, 2.24) is 9.78 Å². The topological polar surface area (TPSA) is 57.0 Å². The van der Waals surface area contributed by atoms with Gasteiger partial charge in [0.1, 0.15) is 11.3 Å². The number of benzene rings is 1. The lowest BCUT2D eigenvalue weighted by atomic mass is 10.1. The first kappa shape index (κ1) is 14.4. The number of para-hydroxylation sites is 1. The van der Waals surface area contributed by atoms with Crippen LogP contribution in [0.4, 0.5) is 0 Å². The number of halogens is 1. The van der Waals surface area contributed by atoms with E-state index < -0.39 is 0 Å². The van der Waals surface area contributed by atoms with Crippen LogP contribution in [0.2, 0.25) is 0 Å². The number of rotatable bonds is 4. The first-order valence-corrected chi connectivity index (χ1v) is 7.85. The second-order valence-electron chi connectivity index (χ2n) is 5.16. The van der Waals surface area contributed by atoms with Crippen molar-refractivity contribution in [3.8, 4) is 0 Å². The Labute approximate surface area is 132 Å². The predicted molar refractivity (Wildman–Crippen MR) is 87.2 cm³/mol. The number of nitrogens with zero attached hydrogens (tertiary/aromatic N) is 2. The summed E-state index contributed by atoms with van der Waals surface area (Å²) in [6, 6.07) is 9.79. The highest BCUT2D eigenvalue weighted by atomic mass is 79.9. The third-order valence-electron chi connectivity index (χ3n) is 3.68. The summed E-state index contributed by atoms with van der Waals surface area (Å²) in [5.41, 5.74) is 9.32. The van der Waals surface area contributed by atoms with E-state index in [1.165, 1.54) is 0 Å². The van der Waals surface area contributed by atoms with Crippen molar-refractivity contribution >= 4 is 26.9 Å². The number of aryl methyl sites for hydroxylation is 2. The van der Waals surface area contributed by atoms with Crippen molar-refractivity contribution in [2.75, 3.05) is 0 Å². The van der Waals surface area contributed by atoms with E-state index in [0.717, 1.165) is 39.1 Å². The Morgan fingerprint density at radius 3 is 2.86 bits per heavy atom. The fourth-order valence-corrected chi connectivity index (χ4v) is 3.00. The molecule has 2 aromatic heterocycles. The Bertz CT molecular complexity index is 742. The molecule has 0 aliphatic carbocycles. The molecule has 0 spiro atoms. The fraction of sp³-hybridized carbons (Fsp3) is 0.312. The van der Waals surface area contributed by atoms with Gasteiger partial charge in [-0.25, -0.2) is 0 Å². The van der Waals surface area contributed by atoms with E-state index in [1.807, 2.05) is 41.9 Å². The molecule has 0 aliphatic rings. The number of hydrogen-bond acceptors (Lipinski definition) is 3. The van der Waals surface area contributed by atoms with E-state index in [1.54, 1.807) is 0 Å². The average molecular weight is 348 g/mol. The van der Waals surface area contributed by atoms with Crippen LogP contribution in [0.25, 0.3) is 11.0 Å². The summed E-state index contributed by atoms with van der Waals surface area (Å²) in [7, 11) is 0. The molecule has 0 saturated carbocycles. The molecule has 1 atom stereocenters. The Balaban J connectivity index is 1.91. The van der Waals surface area contributed by atoms with E-state index in [0.29, 0.717) is 6.42 Å². The van der Waals surface area contributed by atoms with Crippen LogP contribution >= 0.6 is 15.9 Å². The molecule has 0 aliphatic heterocycles. The molecular weight excluding hydrogens is 330 g/mol. The van der Waals surface area contributed by atoms with Gasteiger partial charge in [-0.1, -0.05) is 18.2 Å². The first-order chi connectivity index (χ1) is 10.1. The zero-order valence-corrected chi connectivity index (χ0v) is 13.7. The molecule has 1 unspecified atom stereocenters. The third-order valence-corrected chi connectivity index (χ3v) is 4.71. The van der Waals surface area contributed by atoms with Crippen LogP contribution in [0, 0.1) is 6.92 Å². The van der Waals surface area contributed by atoms with E-state index in [-0.39, 0.29) is 6.04 Å². The van der Waals surface area contributed by atoms with E-state index in [2.05, 4.69) is 28.0 Å². The quantitative estimate of drug-likeness (QED) is 0.776. The van der Waals surface area contributed by atoms with Crippen molar-refractivity contribution in [3.05, 3.63) is 52.0 Å². The number of nitrogens with two attached hydrogens (primary N) is 1. The number of furan rings is 1. The monoisotopic (exact) mass is 347 g/mol. The van der Waals surface area contributed by atoms with Gasteiger partial charge >= 0.3 is 0 Å². The lowest BCUT2D eigenvalue weighted by Crippen LogP contribution is -2.15. The lowest BCUT2D eigenvalue weighted by Gasteiger charge is -2.10. The van der Waals surface area contributed by atoms with E-state index >= 15 is 0 Å². The summed E-state index contributed by atoms with van der Waals surface area (Å²) in [6.45, 7) is 4.90. The minimum Gasteiger partial charge on any atom is -0.459 e. The second-order valence-corrected chi connectivity index (χ2v) is 5.95. The van der Waals surface area contributed by atoms with Crippen molar-refractivity contribution in [1.29, 1.82) is 0 Å². The van der Waals surface area contributed by atoms with Gasteiger partial charge in [-0.2, -0.15) is 5.10 Å². The first-order valence-electron chi connectivity index (χ1n) is 7.06. The lowest BCUT2D eigenvalue weighted by molar-refractivity contribution is 0.481. The SMILES string of the molecule is CCn1nc(C)c(Br)c1CC(N)c1cc2ccccc2o1. The van der Waals surface area contributed by atoms with Crippen LogP contribution in [0.3, 0.4) is 0 Å². The van der Waals surface area contributed by atoms with Gasteiger partial charge in [0.2, 0.25) is 0 Å². The van der Waals surface area contributed by atoms with Gasteiger partial charge < -0.3 is 10.2 Å². The van der Waals surface area contributed by atoms with Gasteiger partial charge in [-0.15, -0.1) is 0 Å². The molecule has 0 bridgehead atoms. The Morgan fingerprint density at radius 1 is 1.38 bits per heavy atom. The maximum atomic E-state index is 6.34. The van der Waals surface area contributed by atoms with Gasteiger partial charge in [0.25, 0.3) is 0 Å². The highest BCUT2D eigenvalue weighted by Crippen LogP contribution is 2.28. The molecule has 0 fully saturated rings. The fourth-order valence-electron chi connectivity index (χ4n) is 2.56. The highest BCUT2D eigenvalue weighted by molar-refractivity contribution is 9.10. The average Bonchev–Trinajstić information content (AvgIpc) is 3.03. The summed E-state index contributed by atoms with van der Waals surface area (Å²) in [4.78, 5) is 0. The minimum absolute atomic E-state index is 0.185. The van der Waals surface area contributed by atoms with Crippen molar-refractivity contribution in [2.24, 2.45) is 5.73 Å². The standard InChI is InChI=1S/C16H18BrN3O/c1-3-20-13(16(17)10(2)19-20)9-12(18)15-8-11-6-4-5-7-14(11)21-15/h4-8,12H,3,9,18H2,1-2H3.